The average molecular weight is 251 g/mol. The van der Waals surface area contributed by atoms with E-state index >= 15 is 0 Å². The Balaban J connectivity index is 2.26. The summed E-state index contributed by atoms with van der Waals surface area (Å²) in [5.41, 5.74) is 1.47. The number of benzene rings is 1. The fourth-order valence-corrected chi connectivity index (χ4v) is 1.98. The normalized spacial score (nSPS) is 15.3. The molecule has 1 aromatic carbocycles. The van der Waals surface area contributed by atoms with Gasteiger partial charge in [-0.25, -0.2) is 4.79 Å². The Labute approximate surface area is 106 Å². The summed E-state index contributed by atoms with van der Waals surface area (Å²) >= 11 is 0. The van der Waals surface area contributed by atoms with Crippen molar-refractivity contribution in [2.24, 2.45) is 0 Å². The number of esters is 1. The standard InChI is InChI=1S/C13H17NO4/c1-16-12-9-10(14-5-7-18-8-6-14)3-4-11(12)13(15)17-2/h3-4,9H,5-8H2,1-2H3. The summed E-state index contributed by atoms with van der Waals surface area (Å²) in [6, 6.07) is 5.49. The van der Waals surface area contributed by atoms with Crippen LogP contribution in [0.3, 0.4) is 0 Å². The highest BCUT2D eigenvalue weighted by Gasteiger charge is 2.16. The van der Waals surface area contributed by atoms with Gasteiger partial charge in [-0.1, -0.05) is 0 Å². The smallest absolute Gasteiger partial charge is 0.341 e. The van der Waals surface area contributed by atoms with Crippen LogP contribution in [-0.4, -0.2) is 46.5 Å². The maximum absolute atomic E-state index is 11.5. The number of hydrogen-bond acceptors (Lipinski definition) is 5. The molecule has 0 aliphatic carbocycles. The summed E-state index contributed by atoms with van der Waals surface area (Å²) < 4.78 is 15.3. The summed E-state index contributed by atoms with van der Waals surface area (Å²) in [5, 5.41) is 0. The largest absolute Gasteiger partial charge is 0.496 e. The first-order valence-electron chi connectivity index (χ1n) is 5.85. The maximum atomic E-state index is 11.5. The monoisotopic (exact) mass is 251 g/mol. The molecule has 1 heterocycles. The Hall–Kier alpha value is -1.75. The molecule has 1 saturated heterocycles. The highest BCUT2D eigenvalue weighted by Crippen LogP contribution is 2.26. The summed E-state index contributed by atoms with van der Waals surface area (Å²) in [5.74, 6) is 0.145. The molecule has 98 valence electrons. The SMILES string of the molecule is COC(=O)c1ccc(N2CCOCC2)cc1OC. The van der Waals surface area contributed by atoms with Crippen molar-refractivity contribution >= 4 is 11.7 Å². The molecule has 0 unspecified atom stereocenters. The van der Waals surface area contributed by atoms with Crippen molar-refractivity contribution in [2.45, 2.75) is 0 Å². The first kappa shape index (κ1) is 12.7. The van der Waals surface area contributed by atoms with Gasteiger partial charge < -0.3 is 19.1 Å². The van der Waals surface area contributed by atoms with Gasteiger partial charge in [-0.05, 0) is 12.1 Å². The third-order valence-corrected chi connectivity index (χ3v) is 2.97. The van der Waals surface area contributed by atoms with Gasteiger partial charge in [0.2, 0.25) is 0 Å². The first-order chi connectivity index (χ1) is 8.76. The van der Waals surface area contributed by atoms with E-state index in [-0.39, 0.29) is 5.97 Å². The van der Waals surface area contributed by atoms with Gasteiger partial charge in [0.05, 0.1) is 27.4 Å². The molecule has 5 nitrogen and oxygen atoms in total. The number of carbonyl (C=O) groups excluding carboxylic acids is 1. The second-order valence-electron chi connectivity index (χ2n) is 3.98. The van der Waals surface area contributed by atoms with Gasteiger partial charge in [-0.3, -0.25) is 0 Å². The Kier molecular flexibility index (Phi) is 4.04. The number of rotatable bonds is 3. The summed E-state index contributed by atoms with van der Waals surface area (Å²) in [6.45, 7) is 3.14. The summed E-state index contributed by atoms with van der Waals surface area (Å²) in [4.78, 5) is 13.7. The second-order valence-corrected chi connectivity index (χ2v) is 3.98. The van der Waals surface area contributed by atoms with E-state index in [2.05, 4.69) is 4.90 Å². The predicted octanol–water partition coefficient (Wildman–Crippen LogP) is 1.32. The van der Waals surface area contributed by atoms with E-state index in [1.807, 2.05) is 12.1 Å². The minimum atomic E-state index is -0.389. The van der Waals surface area contributed by atoms with Crippen LogP contribution in [0.25, 0.3) is 0 Å². The van der Waals surface area contributed by atoms with E-state index < -0.39 is 0 Å². The van der Waals surface area contributed by atoms with Crippen LogP contribution < -0.4 is 9.64 Å². The van der Waals surface area contributed by atoms with E-state index in [1.165, 1.54) is 7.11 Å². The molecule has 1 fully saturated rings. The van der Waals surface area contributed by atoms with Gasteiger partial charge in [0.25, 0.3) is 0 Å². The molecule has 0 spiro atoms. The zero-order chi connectivity index (χ0) is 13.0. The molecule has 0 atom stereocenters. The molecule has 1 aliphatic heterocycles. The Morgan fingerprint density at radius 3 is 2.61 bits per heavy atom. The molecule has 0 N–H and O–H groups in total. The van der Waals surface area contributed by atoms with E-state index in [4.69, 9.17) is 14.2 Å². The number of methoxy groups -OCH3 is 2. The van der Waals surface area contributed by atoms with Crippen LogP contribution in [0.15, 0.2) is 18.2 Å². The third kappa shape index (κ3) is 2.56. The lowest BCUT2D eigenvalue weighted by atomic mass is 10.1. The first-order valence-corrected chi connectivity index (χ1v) is 5.85. The fraction of sp³-hybridized carbons (Fsp3) is 0.462. The molecule has 0 radical (unpaired) electrons. The van der Waals surface area contributed by atoms with E-state index in [1.54, 1.807) is 13.2 Å². The molecule has 18 heavy (non-hydrogen) atoms. The number of hydrogen-bond donors (Lipinski definition) is 0. The fourth-order valence-electron chi connectivity index (χ4n) is 1.98. The van der Waals surface area contributed by atoms with E-state index in [0.717, 1.165) is 32.0 Å². The van der Waals surface area contributed by atoms with Gasteiger partial charge in [0.1, 0.15) is 11.3 Å². The van der Waals surface area contributed by atoms with Gasteiger partial charge in [-0.15, -0.1) is 0 Å². The number of morpholine rings is 1. The van der Waals surface area contributed by atoms with Crippen LogP contribution in [0, 0.1) is 0 Å². The minimum Gasteiger partial charge on any atom is -0.496 e. The molecule has 1 aliphatic rings. The lowest BCUT2D eigenvalue weighted by Crippen LogP contribution is -2.36. The number of carbonyl (C=O) groups is 1. The summed E-state index contributed by atoms with van der Waals surface area (Å²) in [7, 11) is 2.91. The zero-order valence-corrected chi connectivity index (χ0v) is 10.6. The van der Waals surface area contributed by atoms with Gasteiger partial charge in [0, 0.05) is 24.8 Å². The van der Waals surface area contributed by atoms with Crippen molar-refractivity contribution in [1.82, 2.24) is 0 Å². The maximum Gasteiger partial charge on any atom is 0.341 e. The van der Waals surface area contributed by atoms with E-state index in [0.29, 0.717) is 11.3 Å². The Morgan fingerprint density at radius 1 is 1.28 bits per heavy atom. The number of ether oxygens (including phenoxy) is 3. The van der Waals surface area contributed by atoms with Crippen molar-refractivity contribution in [1.29, 1.82) is 0 Å². The van der Waals surface area contributed by atoms with Gasteiger partial charge >= 0.3 is 5.97 Å². The summed E-state index contributed by atoms with van der Waals surface area (Å²) in [6.07, 6.45) is 0. The third-order valence-electron chi connectivity index (χ3n) is 2.97. The molecule has 5 heteroatoms. The quantitative estimate of drug-likeness (QED) is 0.758. The molecule has 2 rings (SSSR count). The molecule has 0 amide bonds. The zero-order valence-electron chi connectivity index (χ0n) is 10.6. The van der Waals surface area contributed by atoms with Crippen molar-refractivity contribution < 1.29 is 19.0 Å². The molecule has 1 aromatic rings. The van der Waals surface area contributed by atoms with E-state index in [9.17, 15) is 4.79 Å². The van der Waals surface area contributed by atoms with Crippen LogP contribution in [-0.2, 0) is 9.47 Å². The van der Waals surface area contributed by atoms with Gasteiger partial charge in [0.15, 0.2) is 0 Å². The Bertz CT molecular complexity index is 427. The van der Waals surface area contributed by atoms with Crippen LogP contribution in [0.2, 0.25) is 0 Å². The highest BCUT2D eigenvalue weighted by molar-refractivity contribution is 5.93. The lowest BCUT2D eigenvalue weighted by Gasteiger charge is -2.29. The second kappa shape index (κ2) is 5.73. The molecule has 0 saturated carbocycles. The lowest BCUT2D eigenvalue weighted by molar-refractivity contribution is 0.0597. The molecular formula is C13H17NO4. The number of nitrogens with zero attached hydrogens (tertiary/aromatic N) is 1. The Morgan fingerprint density at radius 2 is 2.00 bits per heavy atom. The topological polar surface area (TPSA) is 48.0 Å². The molecular weight excluding hydrogens is 234 g/mol. The van der Waals surface area contributed by atoms with Crippen molar-refractivity contribution in [3.8, 4) is 5.75 Å². The molecule has 0 aromatic heterocycles. The van der Waals surface area contributed by atoms with Gasteiger partial charge in [-0.2, -0.15) is 0 Å². The van der Waals surface area contributed by atoms with Crippen molar-refractivity contribution in [3.05, 3.63) is 23.8 Å². The van der Waals surface area contributed by atoms with Crippen LogP contribution >= 0.6 is 0 Å². The predicted molar refractivity (Wildman–Crippen MR) is 67.4 cm³/mol. The van der Waals surface area contributed by atoms with Crippen molar-refractivity contribution in [2.75, 3.05) is 45.4 Å². The highest BCUT2D eigenvalue weighted by atomic mass is 16.5. The molecule has 0 bridgehead atoms. The van der Waals surface area contributed by atoms with Crippen LogP contribution in [0.1, 0.15) is 10.4 Å². The minimum absolute atomic E-state index is 0.389. The van der Waals surface area contributed by atoms with Crippen LogP contribution in [0.4, 0.5) is 5.69 Å². The van der Waals surface area contributed by atoms with Crippen molar-refractivity contribution in [3.63, 3.8) is 0 Å². The van der Waals surface area contributed by atoms with Crippen LogP contribution in [0.5, 0.6) is 5.75 Å². The average Bonchev–Trinajstić information content (AvgIpc) is 2.46. The number of anilines is 1.